The van der Waals surface area contributed by atoms with Crippen LogP contribution >= 0.6 is 0 Å². The van der Waals surface area contributed by atoms with E-state index in [1.54, 1.807) is 59.3 Å². The van der Waals surface area contributed by atoms with Crippen molar-refractivity contribution in [1.29, 1.82) is 0 Å². The first-order valence-corrected chi connectivity index (χ1v) is 13.2. The SMILES string of the molecule is C1CC2C3CCC(C3)C2C1.C=C(C)C(=O)OCc1ccccc1.C=CC(=O)OCC.C=CC(=O)OCC. The second kappa shape index (κ2) is 18.1. The number of benzene rings is 1. The number of ether oxygens (including phenoxy) is 3. The maximum absolute atomic E-state index is 11.0. The van der Waals surface area contributed by atoms with Crippen LogP contribution in [-0.4, -0.2) is 31.1 Å². The van der Waals surface area contributed by atoms with E-state index in [0.717, 1.165) is 17.7 Å². The van der Waals surface area contributed by atoms with E-state index in [1.165, 1.54) is 23.7 Å². The molecule has 0 saturated heterocycles. The average Bonchev–Trinajstić information content (AvgIpc) is 3.65. The van der Waals surface area contributed by atoms with Crippen molar-refractivity contribution in [2.75, 3.05) is 13.2 Å². The molecule has 4 atom stereocenters. The van der Waals surface area contributed by atoms with Gasteiger partial charge in [-0.3, -0.25) is 0 Å². The molecule has 0 spiro atoms. The second-order valence-corrected chi connectivity index (χ2v) is 9.35. The number of hydrogen-bond acceptors (Lipinski definition) is 6. The Bertz CT molecular complexity index is 837. The van der Waals surface area contributed by atoms with Gasteiger partial charge < -0.3 is 14.2 Å². The van der Waals surface area contributed by atoms with Crippen LogP contribution in [-0.2, 0) is 35.2 Å². The summed E-state index contributed by atoms with van der Waals surface area (Å²) in [7, 11) is 0. The molecule has 3 fully saturated rings. The van der Waals surface area contributed by atoms with Crippen LogP contribution in [0.3, 0.4) is 0 Å². The van der Waals surface area contributed by atoms with Gasteiger partial charge in [0.05, 0.1) is 13.2 Å². The zero-order chi connectivity index (χ0) is 27.6. The molecule has 6 heteroatoms. The Morgan fingerprint density at radius 1 is 0.838 bits per heavy atom. The van der Waals surface area contributed by atoms with E-state index in [4.69, 9.17) is 4.74 Å². The first-order chi connectivity index (χ1) is 17.8. The Hall–Kier alpha value is -3.15. The number of carbonyl (C=O) groups is 3. The molecule has 3 saturated carbocycles. The third-order valence-electron chi connectivity index (χ3n) is 6.82. The van der Waals surface area contributed by atoms with Gasteiger partial charge in [0, 0.05) is 17.7 Å². The van der Waals surface area contributed by atoms with Crippen molar-refractivity contribution in [2.45, 2.75) is 65.9 Å². The van der Waals surface area contributed by atoms with E-state index in [-0.39, 0.29) is 17.9 Å². The lowest BCUT2D eigenvalue weighted by molar-refractivity contribution is -0.140. The summed E-state index contributed by atoms with van der Waals surface area (Å²) in [5.41, 5.74) is 1.41. The molecular formula is C31H44O6. The summed E-state index contributed by atoms with van der Waals surface area (Å²) in [5, 5.41) is 0. The highest BCUT2D eigenvalue weighted by atomic mass is 16.5. The van der Waals surface area contributed by atoms with Crippen LogP contribution < -0.4 is 0 Å². The Balaban J connectivity index is 0.000000256. The molecule has 3 aliphatic carbocycles. The fourth-order valence-corrected chi connectivity index (χ4v) is 5.27. The molecule has 1 aromatic rings. The minimum absolute atomic E-state index is 0.312. The summed E-state index contributed by atoms with van der Waals surface area (Å²) in [6.45, 7) is 16.2. The Kier molecular flexibility index (Phi) is 15.6. The van der Waals surface area contributed by atoms with Crippen molar-refractivity contribution in [3.63, 3.8) is 0 Å². The van der Waals surface area contributed by atoms with Crippen molar-refractivity contribution >= 4 is 17.9 Å². The lowest BCUT2D eigenvalue weighted by Crippen LogP contribution is -2.15. The van der Waals surface area contributed by atoms with Gasteiger partial charge in [-0.15, -0.1) is 0 Å². The van der Waals surface area contributed by atoms with Crippen molar-refractivity contribution in [1.82, 2.24) is 0 Å². The lowest BCUT2D eigenvalue weighted by Gasteiger charge is -2.23. The van der Waals surface area contributed by atoms with E-state index in [0.29, 0.717) is 25.4 Å². The van der Waals surface area contributed by atoms with Gasteiger partial charge in [0.1, 0.15) is 6.61 Å². The molecule has 2 bridgehead atoms. The van der Waals surface area contributed by atoms with Gasteiger partial charge in [0.25, 0.3) is 0 Å². The van der Waals surface area contributed by atoms with Gasteiger partial charge in [-0.05, 0) is 82.1 Å². The molecule has 0 heterocycles. The number of carbonyl (C=O) groups excluding carboxylic acids is 3. The van der Waals surface area contributed by atoms with E-state index in [9.17, 15) is 14.4 Å². The molecular weight excluding hydrogens is 468 g/mol. The van der Waals surface area contributed by atoms with Gasteiger partial charge in [0.15, 0.2) is 0 Å². The highest BCUT2D eigenvalue weighted by Gasteiger charge is 2.48. The summed E-state index contributed by atoms with van der Waals surface area (Å²) < 4.78 is 13.8. The van der Waals surface area contributed by atoms with Gasteiger partial charge >= 0.3 is 17.9 Å². The number of hydrogen-bond donors (Lipinski definition) is 0. The monoisotopic (exact) mass is 512 g/mol. The average molecular weight is 513 g/mol. The van der Waals surface area contributed by atoms with Crippen LogP contribution in [0.4, 0.5) is 0 Å². The van der Waals surface area contributed by atoms with Gasteiger partial charge in [-0.25, -0.2) is 14.4 Å². The molecule has 0 amide bonds. The Morgan fingerprint density at radius 2 is 1.32 bits per heavy atom. The van der Waals surface area contributed by atoms with E-state index in [2.05, 4.69) is 29.2 Å². The van der Waals surface area contributed by atoms with Crippen LogP contribution in [0.25, 0.3) is 0 Å². The molecule has 0 aromatic heterocycles. The summed E-state index contributed by atoms with van der Waals surface area (Å²) in [6.07, 6.45) is 11.8. The predicted octanol–water partition coefficient (Wildman–Crippen LogP) is 6.61. The van der Waals surface area contributed by atoms with E-state index in [1.807, 2.05) is 30.3 Å². The largest absolute Gasteiger partial charge is 0.463 e. The maximum Gasteiger partial charge on any atom is 0.333 e. The zero-order valence-electron chi connectivity index (χ0n) is 22.8. The molecule has 4 rings (SSSR count). The third kappa shape index (κ3) is 12.1. The smallest absolute Gasteiger partial charge is 0.333 e. The molecule has 3 aliphatic rings. The fourth-order valence-electron chi connectivity index (χ4n) is 5.27. The molecule has 6 nitrogen and oxygen atoms in total. The summed E-state index contributed by atoms with van der Waals surface area (Å²) in [6, 6.07) is 9.55. The summed E-state index contributed by atoms with van der Waals surface area (Å²) in [4.78, 5) is 31.1. The molecule has 37 heavy (non-hydrogen) atoms. The van der Waals surface area contributed by atoms with Crippen molar-refractivity contribution < 1.29 is 28.6 Å². The molecule has 0 aliphatic heterocycles. The Morgan fingerprint density at radius 3 is 1.70 bits per heavy atom. The third-order valence-corrected chi connectivity index (χ3v) is 6.82. The second-order valence-electron chi connectivity index (χ2n) is 9.35. The van der Waals surface area contributed by atoms with Gasteiger partial charge in [0.2, 0.25) is 0 Å². The number of rotatable bonds is 7. The normalized spacial score (nSPS) is 21.7. The highest BCUT2D eigenvalue weighted by Crippen LogP contribution is 2.58. The van der Waals surface area contributed by atoms with E-state index < -0.39 is 0 Å². The van der Waals surface area contributed by atoms with Crippen molar-refractivity contribution in [3.05, 3.63) is 73.4 Å². The minimum atomic E-state index is -0.359. The Labute approximate surface area is 222 Å². The molecule has 0 N–H and O–H groups in total. The molecule has 204 valence electrons. The van der Waals surface area contributed by atoms with Crippen LogP contribution in [0.5, 0.6) is 0 Å². The predicted molar refractivity (Wildman–Crippen MR) is 146 cm³/mol. The van der Waals surface area contributed by atoms with Gasteiger partial charge in [-0.1, -0.05) is 56.5 Å². The molecule has 1 aromatic carbocycles. The summed E-state index contributed by atoms with van der Waals surface area (Å²) >= 11 is 0. The van der Waals surface area contributed by atoms with Crippen molar-refractivity contribution in [2.24, 2.45) is 23.7 Å². The summed E-state index contributed by atoms with van der Waals surface area (Å²) in [5.74, 6) is 3.74. The molecule has 0 radical (unpaired) electrons. The highest BCUT2D eigenvalue weighted by molar-refractivity contribution is 5.86. The minimum Gasteiger partial charge on any atom is -0.463 e. The quantitative estimate of drug-likeness (QED) is 0.232. The van der Waals surface area contributed by atoms with Crippen LogP contribution in [0.15, 0.2) is 67.8 Å². The first kappa shape index (κ1) is 31.9. The van der Waals surface area contributed by atoms with Crippen molar-refractivity contribution in [3.8, 4) is 0 Å². The van der Waals surface area contributed by atoms with Crippen LogP contribution in [0, 0.1) is 23.7 Å². The topological polar surface area (TPSA) is 78.9 Å². The zero-order valence-corrected chi connectivity index (χ0v) is 22.8. The molecule has 4 unspecified atom stereocenters. The first-order valence-electron chi connectivity index (χ1n) is 13.2. The van der Waals surface area contributed by atoms with Crippen LogP contribution in [0.2, 0.25) is 0 Å². The number of fused-ring (bicyclic) bond motifs is 5. The van der Waals surface area contributed by atoms with E-state index >= 15 is 0 Å². The standard InChI is InChI=1S/C11H12O2.C10H16.2C5H8O2/c1-9(2)11(12)13-8-10-6-4-3-5-7-10;1-2-9-7-4-5-8(6-7)10(9)3-1;2*1-3-5(6)7-4-2/h3-7H,1,8H2,2H3;7-10H,1-6H2;2*3H,1,4H2,2H3. The number of esters is 3. The maximum atomic E-state index is 11.0. The lowest BCUT2D eigenvalue weighted by atomic mass is 9.82. The van der Waals surface area contributed by atoms with Gasteiger partial charge in [-0.2, -0.15) is 0 Å². The fraction of sp³-hybridized carbons (Fsp3) is 0.516. The van der Waals surface area contributed by atoms with Crippen LogP contribution in [0.1, 0.15) is 64.9 Å².